The maximum absolute atomic E-state index is 12.5. The van der Waals surface area contributed by atoms with Crippen molar-refractivity contribution in [3.8, 4) is 0 Å². The quantitative estimate of drug-likeness (QED) is 0.696. The van der Waals surface area contributed by atoms with Crippen LogP contribution in [0.1, 0.15) is 5.56 Å². The zero-order valence-electron chi connectivity index (χ0n) is 11.1. The maximum Gasteiger partial charge on any atom is 0.298 e. The van der Waals surface area contributed by atoms with Crippen LogP contribution >= 0.6 is 35.0 Å². The van der Waals surface area contributed by atoms with E-state index in [4.69, 9.17) is 23.2 Å². The lowest BCUT2D eigenvalue weighted by molar-refractivity contribution is -0.113. The molecule has 2 amide bonds. The molecule has 2 aromatic rings. The second-order valence-corrected chi connectivity index (χ2v) is 6.27. The zero-order valence-corrected chi connectivity index (χ0v) is 13.5. The first-order valence-corrected chi connectivity index (χ1v) is 7.92. The minimum Gasteiger partial charge on any atom is -0.268 e. The Hall–Kier alpha value is -1.75. The van der Waals surface area contributed by atoms with Gasteiger partial charge in [-0.2, -0.15) is 0 Å². The number of carbonyl (C=O) groups excluding carboxylic acids is 2. The summed E-state index contributed by atoms with van der Waals surface area (Å²) in [6.07, 6.45) is 1.59. The van der Waals surface area contributed by atoms with Gasteiger partial charge in [0.15, 0.2) is 0 Å². The van der Waals surface area contributed by atoms with Crippen molar-refractivity contribution in [1.29, 1.82) is 0 Å². The number of halogens is 2. The van der Waals surface area contributed by atoms with E-state index in [-0.39, 0.29) is 11.1 Å². The number of thioether (sulfide) groups is 1. The van der Waals surface area contributed by atoms with Gasteiger partial charge in [-0.1, -0.05) is 53.5 Å². The smallest absolute Gasteiger partial charge is 0.268 e. The van der Waals surface area contributed by atoms with Crippen molar-refractivity contribution in [1.82, 2.24) is 0 Å². The number of imide groups is 1. The Kier molecular flexibility index (Phi) is 4.25. The highest BCUT2D eigenvalue weighted by Gasteiger charge is 2.36. The number of rotatable bonds is 2. The number of hydrogen-bond donors (Lipinski definition) is 0. The van der Waals surface area contributed by atoms with E-state index in [9.17, 15) is 9.59 Å². The molecule has 110 valence electrons. The van der Waals surface area contributed by atoms with Gasteiger partial charge in [0.25, 0.3) is 11.1 Å². The normalized spacial score (nSPS) is 16.6. The van der Waals surface area contributed by atoms with Gasteiger partial charge in [-0.15, -0.1) is 0 Å². The van der Waals surface area contributed by atoms with Crippen LogP contribution in [0.4, 0.5) is 10.5 Å². The lowest BCUT2D eigenvalue weighted by Crippen LogP contribution is -2.27. The van der Waals surface area contributed by atoms with E-state index in [0.717, 1.165) is 16.7 Å². The van der Waals surface area contributed by atoms with E-state index >= 15 is 0 Å². The molecule has 0 bridgehead atoms. The van der Waals surface area contributed by atoms with Gasteiger partial charge >= 0.3 is 0 Å². The standard InChI is InChI=1S/C16H9Cl2NO2S/c17-12-8-4-5-10(14(12)18)9-13-15(20)19(16(21)22-13)11-6-2-1-3-7-11/h1-9H. The van der Waals surface area contributed by atoms with Crippen LogP contribution in [-0.2, 0) is 4.79 Å². The number of carbonyl (C=O) groups is 2. The van der Waals surface area contributed by atoms with Gasteiger partial charge < -0.3 is 0 Å². The van der Waals surface area contributed by atoms with Gasteiger partial charge in [0.1, 0.15) is 0 Å². The molecule has 2 aromatic carbocycles. The van der Waals surface area contributed by atoms with Gasteiger partial charge in [0.05, 0.1) is 20.6 Å². The molecular formula is C16H9Cl2NO2S. The van der Waals surface area contributed by atoms with Crippen molar-refractivity contribution in [2.24, 2.45) is 0 Å². The fourth-order valence-corrected chi connectivity index (χ4v) is 3.24. The van der Waals surface area contributed by atoms with Gasteiger partial charge in [-0.25, -0.2) is 4.90 Å². The van der Waals surface area contributed by atoms with Crippen LogP contribution in [0.2, 0.25) is 10.0 Å². The Morgan fingerprint density at radius 2 is 1.68 bits per heavy atom. The third-order valence-electron chi connectivity index (χ3n) is 3.08. The molecule has 0 spiro atoms. The van der Waals surface area contributed by atoms with Crippen LogP contribution in [0.3, 0.4) is 0 Å². The minimum atomic E-state index is -0.364. The Morgan fingerprint density at radius 3 is 2.41 bits per heavy atom. The van der Waals surface area contributed by atoms with E-state index in [2.05, 4.69) is 0 Å². The van der Waals surface area contributed by atoms with Crippen molar-refractivity contribution >= 4 is 57.9 Å². The highest BCUT2D eigenvalue weighted by Crippen LogP contribution is 2.37. The lowest BCUT2D eigenvalue weighted by atomic mass is 10.2. The predicted molar refractivity (Wildman–Crippen MR) is 91.4 cm³/mol. The molecule has 6 heteroatoms. The molecule has 0 unspecified atom stereocenters. The largest absolute Gasteiger partial charge is 0.298 e. The lowest BCUT2D eigenvalue weighted by Gasteiger charge is -2.11. The summed E-state index contributed by atoms with van der Waals surface area (Å²) < 4.78 is 0. The van der Waals surface area contributed by atoms with Crippen molar-refractivity contribution in [2.45, 2.75) is 0 Å². The minimum absolute atomic E-state index is 0.318. The van der Waals surface area contributed by atoms with Crippen molar-refractivity contribution in [3.05, 3.63) is 69.0 Å². The number of para-hydroxylation sites is 1. The van der Waals surface area contributed by atoms with Crippen LogP contribution in [0, 0.1) is 0 Å². The molecule has 1 aliphatic rings. The van der Waals surface area contributed by atoms with Crippen LogP contribution in [0.25, 0.3) is 6.08 Å². The van der Waals surface area contributed by atoms with Gasteiger partial charge in [-0.3, -0.25) is 9.59 Å². The Labute approximate surface area is 141 Å². The molecule has 0 radical (unpaired) electrons. The average Bonchev–Trinajstić information content (AvgIpc) is 2.79. The molecular weight excluding hydrogens is 341 g/mol. The number of benzene rings is 2. The van der Waals surface area contributed by atoms with Crippen molar-refractivity contribution in [3.63, 3.8) is 0 Å². The summed E-state index contributed by atoms with van der Waals surface area (Å²) in [5.74, 6) is -0.364. The molecule has 1 heterocycles. The Balaban J connectivity index is 1.98. The Morgan fingerprint density at radius 1 is 0.955 bits per heavy atom. The van der Waals surface area contributed by atoms with Crippen molar-refractivity contribution < 1.29 is 9.59 Å². The maximum atomic E-state index is 12.5. The number of hydrogen-bond acceptors (Lipinski definition) is 3. The van der Waals surface area contributed by atoms with Crippen LogP contribution in [0.15, 0.2) is 53.4 Å². The summed E-state index contributed by atoms with van der Waals surface area (Å²) in [5, 5.41) is 0.425. The summed E-state index contributed by atoms with van der Waals surface area (Å²) >= 11 is 13.0. The third kappa shape index (κ3) is 2.77. The topological polar surface area (TPSA) is 37.4 Å². The molecule has 1 aliphatic heterocycles. The summed E-state index contributed by atoms with van der Waals surface area (Å²) in [6.45, 7) is 0. The van der Waals surface area contributed by atoms with E-state index in [1.165, 1.54) is 0 Å². The second kappa shape index (κ2) is 6.16. The Bertz CT molecular complexity index is 790. The van der Waals surface area contributed by atoms with Gasteiger partial charge in [-0.05, 0) is 41.6 Å². The molecule has 1 fully saturated rings. The first-order valence-electron chi connectivity index (χ1n) is 6.35. The SMILES string of the molecule is O=C1SC(=Cc2cccc(Cl)c2Cl)C(=O)N1c1ccccc1. The van der Waals surface area contributed by atoms with E-state index in [1.54, 1.807) is 48.5 Å². The first-order chi connectivity index (χ1) is 10.6. The average molecular weight is 350 g/mol. The molecule has 0 saturated carbocycles. The zero-order chi connectivity index (χ0) is 15.7. The highest BCUT2D eigenvalue weighted by molar-refractivity contribution is 8.19. The van der Waals surface area contributed by atoms with Crippen LogP contribution < -0.4 is 4.90 Å². The molecule has 0 aromatic heterocycles. The number of nitrogens with zero attached hydrogens (tertiary/aromatic N) is 1. The summed E-state index contributed by atoms with van der Waals surface area (Å²) in [6, 6.07) is 13.9. The summed E-state index contributed by atoms with van der Waals surface area (Å²) in [5.41, 5.74) is 1.15. The van der Waals surface area contributed by atoms with Gasteiger partial charge in [0, 0.05) is 0 Å². The summed E-state index contributed by atoms with van der Waals surface area (Å²) in [7, 11) is 0. The molecule has 0 atom stereocenters. The third-order valence-corrected chi connectivity index (χ3v) is 4.78. The molecule has 0 aliphatic carbocycles. The molecule has 0 N–H and O–H groups in total. The van der Waals surface area contributed by atoms with Crippen LogP contribution in [0.5, 0.6) is 0 Å². The second-order valence-electron chi connectivity index (χ2n) is 4.50. The molecule has 3 nitrogen and oxygen atoms in total. The van der Waals surface area contributed by atoms with Gasteiger partial charge in [0.2, 0.25) is 0 Å². The number of anilines is 1. The molecule has 22 heavy (non-hydrogen) atoms. The summed E-state index contributed by atoms with van der Waals surface area (Å²) in [4.78, 5) is 26.0. The monoisotopic (exact) mass is 349 g/mol. The predicted octanol–water partition coefficient (Wildman–Crippen LogP) is 5.23. The fourth-order valence-electron chi connectivity index (χ4n) is 2.04. The first kappa shape index (κ1) is 15.2. The highest BCUT2D eigenvalue weighted by atomic mass is 35.5. The van der Waals surface area contributed by atoms with E-state index in [0.29, 0.717) is 26.2 Å². The van der Waals surface area contributed by atoms with Crippen LogP contribution in [-0.4, -0.2) is 11.1 Å². The fraction of sp³-hybridized carbons (Fsp3) is 0. The number of amides is 2. The molecule has 3 rings (SSSR count). The van der Waals surface area contributed by atoms with E-state index < -0.39 is 0 Å². The van der Waals surface area contributed by atoms with E-state index in [1.807, 2.05) is 6.07 Å². The van der Waals surface area contributed by atoms with Crippen molar-refractivity contribution in [2.75, 3.05) is 4.90 Å². The molecule has 1 saturated heterocycles.